The number of hydrogen-bond donors (Lipinski definition) is 1. The number of nitrogens with zero attached hydrogens (tertiary/aromatic N) is 1. The Labute approximate surface area is 178 Å². The number of halogens is 1. The molecule has 0 saturated heterocycles. The second-order valence-electron chi connectivity index (χ2n) is 6.26. The molecule has 0 aliphatic rings. The summed E-state index contributed by atoms with van der Waals surface area (Å²) < 4.78 is 11.6. The zero-order valence-electron chi connectivity index (χ0n) is 16.2. The Bertz CT molecular complexity index is 1000. The van der Waals surface area contributed by atoms with Gasteiger partial charge in [0.2, 0.25) is 0 Å². The SMILES string of the molecule is COc1cc(Br)ccc1OCC(=O)N/N=C(\C)c1ccc(-c2ccccc2)cc1. The average Bonchev–Trinajstić information content (AvgIpc) is 2.77. The number of carbonyl (C=O) groups is 1. The quantitative estimate of drug-likeness (QED) is 0.403. The lowest BCUT2D eigenvalue weighted by molar-refractivity contribution is -0.123. The normalized spacial score (nSPS) is 11.1. The van der Waals surface area contributed by atoms with Gasteiger partial charge in [-0.2, -0.15) is 5.10 Å². The topological polar surface area (TPSA) is 59.9 Å². The average molecular weight is 453 g/mol. The van der Waals surface area contributed by atoms with Gasteiger partial charge in [0.05, 0.1) is 12.8 Å². The zero-order chi connectivity index (χ0) is 20.6. The number of amides is 1. The standard InChI is InChI=1S/C23H21BrN2O3/c1-16(17-8-10-19(11-9-17)18-6-4-3-5-7-18)25-26-23(27)15-29-21-13-12-20(24)14-22(21)28-2/h3-14H,15H2,1-2H3,(H,26,27)/b25-16+. The fourth-order valence-corrected chi connectivity index (χ4v) is 3.02. The van der Waals surface area contributed by atoms with E-state index in [9.17, 15) is 4.79 Å². The van der Waals surface area contributed by atoms with Crippen LogP contribution in [0.1, 0.15) is 12.5 Å². The molecule has 5 nitrogen and oxygen atoms in total. The summed E-state index contributed by atoms with van der Waals surface area (Å²) in [6, 6.07) is 23.5. The molecule has 1 N–H and O–H groups in total. The van der Waals surface area contributed by atoms with Crippen molar-refractivity contribution >= 4 is 27.5 Å². The smallest absolute Gasteiger partial charge is 0.277 e. The van der Waals surface area contributed by atoms with Crippen LogP contribution in [0.15, 0.2) is 82.4 Å². The molecule has 29 heavy (non-hydrogen) atoms. The molecule has 0 unspecified atom stereocenters. The summed E-state index contributed by atoms with van der Waals surface area (Å²) in [6.45, 7) is 1.68. The van der Waals surface area contributed by atoms with Crippen molar-refractivity contribution in [3.05, 3.63) is 82.8 Å². The third-order valence-corrected chi connectivity index (χ3v) is 4.74. The molecule has 3 rings (SSSR count). The summed E-state index contributed by atoms with van der Waals surface area (Å²) in [5.41, 5.74) is 6.44. The highest BCUT2D eigenvalue weighted by molar-refractivity contribution is 9.10. The molecule has 0 atom stereocenters. The minimum absolute atomic E-state index is 0.165. The molecule has 0 heterocycles. The van der Waals surface area contributed by atoms with E-state index in [1.54, 1.807) is 19.2 Å². The molecule has 0 saturated carbocycles. The van der Waals surface area contributed by atoms with E-state index in [0.29, 0.717) is 17.2 Å². The van der Waals surface area contributed by atoms with E-state index in [1.165, 1.54) is 0 Å². The molecule has 0 aromatic heterocycles. The van der Waals surface area contributed by atoms with Gasteiger partial charge < -0.3 is 9.47 Å². The van der Waals surface area contributed by atoms with Gasteiger partial charge in [-0.1, -0.05) is 70.5 Å². The zero-order valence-corrected chi connectivity index (χ0v) is 17.8. The highest BCUT2D eigenvalue weighted by Crippen LogP contribution is 2.30. The lowest BCUT2D eigenvalue weighted by atomic mass is 10.0. The van der Waals surface area contributed by atoms with Gasteiger partial charge in [0.25, 0.3) is 5.91 Å². The maximum absolute atomic E-state index is 12.1. The molecule has 6 heteroatoms. The van der Waals surface area contributed by atoms with Crippen LogP contribution in [0, 0.1) is 0 Å². The summed E-state index contributed by atoms with van der Waals surface area (Å²) in [5, 5.41) is 4.16. The van der Waals surface area contributed by atoms with Crippen LogP contribution in [0.5, 0.6) is 11.5 Å². The Balaban J connectivity index is 1.57. The Morgan fingerprint density at radius 2 is 1.66 bits per heavy atom. The van der Waals surface area contributed by atoms with Gasteiger partial charge in [-0.25, -0.2) is 5.43 Å². The van der Waals surface area contributed by atoms with Crippen molar-refractivity contribution in [2.45, 2.75) is 6.92 Å². The maximum Gasteiger partial charge on any atom is 0.277 e. The van der Waals surface area contributed by atoms with Gasteiger partial charge in [-0.05, 0) is 41.8 Å². The van der Waals surface area contributed by atoms with E-state index in [1.807, 2.05) is 55.5 Å². The number of carbonyl (C=O) groups excluding carboxylic acids is 1. The summed E-state index contributed by atoms with van der Waals surface area (Å²) in [7, 11) is 1.55. The Morgan fingerprint density at radius 1 is 0.966 bits per heavy atom. The van der Waals surface area contributed by atoms with Crippen molar-refractivity contribution in [2.24, 2.45) is 5.10 Å². The number of methoxy groups -OCH3 is 1. The van der Waals surface area contributed by atoms with Crippen molar-refractivity contribution in [1.82, 2.24) is 5.43 Å². The van der Waals surface area contributed by atoms with Gasteiger partial charge >= 0.3 is 0 Å². The number of hydrazone groups is 1. The van der Waals surface area contributed by atoms with Crippen LogP contribution in [0.4, 0.5) is 0 Å². The van der Waals surface area contributed by atoms with Gasteiger partial charge in [0, 0.05) is 4.47 Å². The van der Waals surface area contributed by atoms with Crippen LogP contribution in [0.25, 0.3) is 11.1 Å². The highest BCUT2D eigenvalue weighted by Gasteiger charge is 2.08. The summed E-state index contributed by atoms with van der Waals surface area (Å²) in [4.78, 5) is 12.1. The number of nitrogens with one attached hydrogen (secondary N) is 1. The molecule has 0 fully saturated rings. The molecule has 0 bridgehead atoms. The minimum atomic E-state index is -0.352. The number of benzene rings is 3. The van der Waals surface area contributed by atoms with Crippen molar-refractivity contribution in [1.29, 1.82) is 0 Å². The van der Waals surface area contributed by atoms with Gasteiger partial charge in [0.1, 0.15) is 0 Å². The Kier molecular flexibility index (Phi) is 7.03. The minimum Gasteiger partial charge on any atom is -0.493 e. The second kappa shape index (κ2) is 9.89. The fourth-order valence-electron chi connectivity index (χ4n) is 2.68. The Hall–Kier alpha value is -3.12. The van der Waals surface area contributed by atoms with E-state index in [4.69, 9.17) is 9.47 Å². The van der Waals surface area contributed by atoms with Crippen LogP contribution in [0.3, 0.4) is 0 Å². The predicted octanol–water partition coefficient (Wildman–Crippen LogP) is 5.04. The van der Waals surface area contributed by atoms with Crippen LogP contribution < -0.4 is 14.9 Å². The molecule has 3 aromatic carbocycles. The monoisotopic (exact) mass is 452 g/mol. The lowest BCUT2D eigenvalue weighted by Gasteiger charge is -2.10. The molecule has 148 valence electrons. The van der Waals surface area contributed by atoms with Crippen molar-refractivity contribution < 1.29 is 14.3 Å². The van der Waals surface area contributed by atoms with Crippen LogP contribution in [0.2, 0.25) is 0 Å². The third kappa shape index (κ3) is 5.68. The van der Waals surface area contributed by atoms with Gasteiger partial charge in [-0.15, -0.1) is 0 Å². The van der Waals surface area contributed by atoms with Crippen LogP contribution in [-0.2, 0) is 4.79 Å². The molecular weight excluding hydrogens is 432 g/mol. The van der Waals surface area contributed by atoms with Gasteiger partial charge in [0.15, 0.2) is 18.1 Å². The van der Waals surface area contributed by atoms with Crippen molar-refractivity contribution in [3.63, 3.8) is 0 Å². The summed E-state index contributed by atoms with van der Waals surface area (Å²) >= 11 is 3.37. The van der Waals surface area contributed by atoms with E-state index < -0.39 is 0 Å². The predicted molar refractivity (Wildman–Crippen MR) is 118 cm³/mol. The lowest BCUT2D eigenvalue weighted by Crippen LogP contribution is -2.25. The first-order chi connectivity index (χ1) is 14.1. The van der Waals surface area contributed by atoms with Crippen LogP contribution >= 0.6 is 15.9 Å². The fraction of sp³-hybridized carbons (Fsp3) is 0.130. The molecule has 1 amide bonds. The number of rotatable bonds is 7. The first kappa shape index (κ1) is 20.6. The summed E-state index contributed by atoms with van der Waals surface area (Å²) in [5.74, 6) is 0.684. The van der Waals surface area contributed by atoms with E-state index in [2.05, 4.69) is 38.6 Å². The molecule has 0 radical (unpaired) electrons. The second-order valence-corrected chi connectivity index (χ2v) is 7.18. The van der Waals surface area contributed by atoms with E-state index in [0.717, 1.165) is 21.2 Å². The molecule has 0 aliphatic heterocycles. The summed E-state index contributed by atoms with van der Waals surface area (Å²) in [6.07, 6.45) is 0. The van der Waals surface area contributed by atoms with Gasteiger partial charge in [-0.3, -0.25) is 4.79 Å². The van der Waals surface area contributed by atoms with E-state index >= 15 is 0 Å². The highest BCUT2D eigenvalue weighted by atomic mass is 79.9. The molecular formula is C23H21BrN2O3. The third-order valence-electron chi connectivity index (χ3n) is 4.24. The largest absolute Gasteiger partial charge is 0.493 e. The molecule has 0 spiro atoms. The van der Waals surface area contributed by atoms with Crippen molar-refractivity contribution in [3.8, 4) is 22.6 Å². The van der Waals surface area contributed by atoms with Crippen molar-refractivity contribution in [2.75, 3.05) is 13.7 Å². The Morgan fingerprint density at radius 3 is 2.34 bits per heavy atom. The molecule has 0 aliphatic carbocycles. The van der Waals surface area contributed by atoms with E-state index in [-0.39, 0.29) is 12.5 Å². The first-order valence-electron chi connectivity index (χ1n) is 9.02. The maximum atomic E-state index is 12.1. The molecule has 3 aromatic rings. The van der Waals surface area contributed by atoms with Crippen LogP contribution in [-0.4, -0.2) is 25.3 Å². The first-order valence-corrected chi connectivity index (χ1v) is 9.81. The number of ether oxygens (including phenoxy) is 2. The number of hydrogen-bond acceptors (Lipinski definition) is 4.